The summed E-state index contributed by atoms with van der Waals surface area (Å²) in [5, 5.41) is 9.40. The Hall–Kier alpha value is -1.91. The Morgan fingerprint density at radius 2 is 2.05 bits per heavy atom. The van der Waals surface area contributed by atoms with Crippen molar-refractivity contribution in [3.05, 3.63) is 30.1 Å². The highest BCUT2D eigenvalue weighted by atomic mass is 16.4. The van der Waals surface area contributed by atoms with Crippen LogP contribution in [0.5, 0.6) is 0 Å². The van der Waals surface area contributed by atoms with Gasteiger partial charge < -0.3 is 10.0 Å². The molecular formula is C17H20N2O3. The lowest BCUT2D eigenvalue weighted by Gasteiger charge is -2.48. The smallest absolute Gasteiger partial charge is 0.308 e. The second kappa shape index (κ2) is 5.07. The predicted molar refractivity (Wildman–Crippen MR) is 79.1 cm³/mol. The van der Waals surface area contributed by atoms with Crippen LogP contribution in [0.25, 0.3) is 0 Å². The minimum Gasteiger partial charge on any atom is -0.481 e. The number of hydrogen-bond acceptors (Lipinski definition) is 3. The molecule has 5 atom stereocenters. The van der Waals surface area contributed by atoms with E-state index >= 15 is 0 Å². The Kier molecular flexibility index (Phi) is 3.17. The molecule has 2 aliphatic carbocycles. The van der Waals surface area contributed by atoms with Gasteiger partial charge in [0.05, 0.1) is 5.92 Å². The molecule has 1 aromatic rings. The fourth-order valence-corrected chi connectivity index (χ4v) is 4.32. The molecule has 5 heteroatoms. The van der Waals surface area contributed by atoms with Crippen molar-refractivity contribution < 1.29 is 14.7 Å². The molecular weight excluding hydrogens is 280 g/mol. The van der Waals surface area contributed by atoms with E-state index in [1.54, 1.807) is 6.20 Å². The van der Waals surface area contributed by atoms with Crippen LogP contribution >= 0.6 is 0 Å². The molecule has 2 saturated heterocycles. The largest absolute Gasteiger partial charge is 0.481 e. The van der Waals surface area contributed by atoms with E-state index in [4.69, 9.17) is 0 Å². The number of amides is 1. The number of aliphatic carboxylic acids is 1. The first-order chi connectivity index (χ1) is 10.6. The maximum atomic E-state index is 12.8. The molecule has 3 heterocycles. The van der Waals surface area contributed by atoms with E-state index in [0.29, 0.717) is 5.92 Å². The normalized spacial score (nSPS) is 36.2. The number of aromatic nitrogens is 1. The van der Waals surface area contributed by atoms with Gasteiger partial charge in [-0.2, -0.15) is 0 Å². The van der Waals surface area contributed by atoms with Crippen molar-refractivity contribution in [2.75, 3.05) is 6.54 Å². The molecule has 1 aromatic heterocycles. The highest BCUT2D eigenvalue weighted by molar-refractivity contribution is 5.84. The number of nitrogens with zero attached hydrogens (tertiary/aromatic N) is 2. The van der Waals surface area contributed by atoms with E-state index in [0.717, 1.165) is 37.9 Å². The standard InChI is InChI=1S/C17H20N2O3/c20-16(12-8-11(12)14-3-1-2-6-18-14)19-9-10-4-5-15(19)13(7-10)17(21)22/h1-3,6,10-13,15H,4-5,7-9H2,(H,21,22)/t10-,11-,12-,13-,15+/m1/s1. The summed E-state index contributed by atoms with van der Waals surface area (Å²) in [5.74, 6) is -0.382. The van der Waals surface area contributed by atoms with Crippen LogP contribution in [0.1, 0.15) is 37.3 Å². The quantitative estimate of drug-likeness (QED) is 0.925. The van der Waals surface area contributed by atoms with Crippen molar-refractivity contribution in [1.29, 1.82) is 0 Å². The maximum Gasteiger partial charge on any atom is 0.308 e. The first-order valence-corrected chi connectivity index (χ1v) is 8.09. The van der Waals surface area contributed by atoms with E-state index < -0.39 is 5.97 Å². The molecule has 2 bridgehead atoms. The van der Waals surface area contributed by atoms with Gasteiger partial charge in [-0.3, -0.25) is 14.6 Å². The Balaban J connectivity index is 1.49. The Bertz CT molecular complexity index is 603. The van der Waals surface area contributed by atoms with Crippen molar-refractivity contribution >= 4 is 11.9 Å². The van der Waals surface area contributed by atoms with Gasteiger partial charge in [0.15, 0.2) is 0 Å². The zero-order valence-corrected chi connectivity index (χ0v) is 12.4. The van der Waals surface area contributed by atoms with Crippen LogP contribution in [-0.2, 0) is 9.59 Å². The molecule has 0 spiro atoms. The van der Waals surface area contributed by atoms with E-state index in [9.17, 15) is 14.7 Å². The van der Waals surface area contributed by atoms with Gasteiger partial charge in [-0.1, -0.05) is 6.07 Å². The third-order valence-corrected chi connectivity index (χ3v) is 5.55. The van der Waals surface area contributed by atoms with Crippen molar-refractivity contribution in [2.24, 2.45) is 17.8 Å². The third-order valence-electron chi connectivity index (χ3n) is 5.55. The van der Waals surface area contributed by atoms with Gasteiger partial charge in [-0.25, -0.2) is 0 Å². The average Bonchev–Trinajstić information content (AvgIpc) is 3.36. The number of rotatable bonds is 3. The van der Waals surface area contributed by atoms with Crippen LogP contribution in [0.3, 0.4) is 0 Å². The number of pyridine rings is 1. The van der Waals surface area contributed by atoms with Crippen LogP contribution in [0, 0.1) is 17.8 Å². The molecule has 4 aliphatic rings. The minimum absolute atomic E-state index is 0.00342. The number of fused-ring (bicyclic) bond motifs is 3. The fraction of sp³-hybridized carbons (Fsp3) is 0.588. The highest BCUT2D eigenvalue weighted by Crippen LogP contribution is 2.50. The van der Waals surface area contributed by atoms with Gasteiger partial charge in [0, 0.05) is 36.3 Å². The van der Waals surface area contributed by atoms with Crippen LogP contribution in [0.2, 0.25) is 0 Å². The lowest BCUT2D eigenvalue weighted by Crippen LogP contribution is -2.57. The number of hydrogen-bond donors (Lipinski definition) is 1. The molecule has 116 valence electrons. The Morgan fingerprint density at radius 1 is 1.18 bits per heavy atom. The van der Waals surface area contributed by atoms with Gasteiger partial charge in [0.1, 0.15) is 0 Å². The molecule has 1 amide bonds. The molecule has 0 radical (unpaired) electrons. The van der Waals surface area contributed by atoms with E-state index in [-0.39, 0.29) is 29.7 Å². The van der Waals surface area contributed by atoms with Gasteiger partial charge >= 0.3 is 5.97 Å². The number of carbonyl (C=O) groups is 2. The van der Waals surface area contributed by atoms with Crippen molar-refractivity contribution in [2.45, 2.75) is 37.6 Å². The second-order valence-corrected chi connectivity index (χ2v) is 6.89. The molecule has 0 aromatic carbocycles. The monoisotopic (exact) mass is 300 g/mol. The summed E-state index contributed by atoms with van der Waals surface area (Å²) in [4.78, 5) is 30.5. The summed E-state index contributed by atoms with van der Waals surface area (Å²) in [6.45, 7) is 0.749. The maximum absolute atomic E-state index is 12.8. The van der Waals surface area contributed by atoms with E-state index in [1.807, 2.05) is 23.1 Å². The van der Waals surface area contributed by atoms with Gasteiger partial charge in [0.2, 0.25) is 5.91 Å². The minimum atomic E-state index is -0.746. The topological polar surface area (TPSA) is 70.5 Å². The van der Waals surface area contributed by atoms with Crippen molar-refractivity contribution in [3.8, 4) is 0 Å². The molecule has 5 rings (SSSR count). The Labute approximate surface area is 129 Å². The van der Waals surface area contributed by atoms with Crippen LogP contribution in [0.4, 0.5) is 0 Å². The average molecular weight is 300 g/mol. The van der Waals surface area contributed by atoms with Crippen LogP contribution in [0.15, 0.2) is 24.4 Å². The predicted octanol–water partition coefficient (Wildman–Crippen LogP) is 1.90. The molecule has 5 nitrogen and oxygen atoms in total. The lowest BCUT2D eigenvalue weighted by molar-refractivity contribution is -0.156. The summed E-state index contributed by atoms with van der Waals surface area (Å²) in [7, 11) is 0. The molecule has 22 heavy (non-hydrogen) atoms. The van der Waals surface area contributed by atoms with Gasteiger partial charge in [0.25, 0.3) is 0 Å². The zero-order chi connectivity index (χ0) is 15.3. The SMILES string of the molecule is O=C(O)[C@@H]1C[C@H]2CC[C@@H]1N(C(=O)[C@@H]1C[C@H]1c1ccccn1)C2. The van der Waals surface area contributed by atoms with Crippen molar-refractivity contribution in [3.63, 3.8) is 0 Å². The molecule has 4 fully saturated rings. The Morgan fingerprint density at radius 3 is 2.73 bits per heavy atom. The summed E-state index contributed by atoms with van der Waals surface area (Å²) in [5.41, 5.74) is 0.984. The first kappa shape index (κ1) is 13.7. The summed E-state index contributed by atoms with van der Waals surface area (Å²) in [6, 6.07) is 5.70. The van der Waals surface area contributed by atoms with Crippen LogP contribution < -0.4 is 0 Å². The third kappa shape index (κ3) is 2.19. The summed E-state index contributed by atoms with van der Waals surface area (Å²) < 4.78 is 0. The number of carboxylic acids is 1. The highest BCUT2D eigenvalue weighted by Gasteiger charge is 2.52. The van der Waals surface area contributed by atoms with Gasteiger partial charge in [-0.05, 0) is 43.7 Å². The molecule has 2 saturated carbocycles. The number of carbonyl (C=O) groups excluding carboxylic acids is 1. The zero-order valence-electron chi connectivity index (χ0n) is 12.4. The second-order valence-electron chi connectivity index (χ2n) is 6.89. The summed E-state index contributed by atoms with van der Waals surface area (Å²) >= 11 is 0. The van der Waals surface area contributed by atoms with Gasteiger partial charge in [-0.15, -0.1) is 0 Å². The first-order valence-electron chi connectivity index (χ1n) is 8.09. The molecule has 0 unspecified atom stereocenters. The molecule has 2 aliphatic heterocycles. The number of piperidine rings is 2. The van der Waals surface area contributed by atoms with Crippen molar-refractivity contribution in [1.82, 2.24) is 9.88 Å². The molecule has 1 N–H and O–H groups in total. The summed E-state index contributed by atoms with van der Waals surface area (Å²) in [6.07, 6.45) is 5.25. The lowest BCUT2D eigenvalue weighted by atomic mass is 9.72. The fourth-order valence-electron chi connectivity index (χ4n) is 4.32. The number of carboxylic acid groups (broad SMARTS) is 1. The van der Waals surface area contributed by atoms with Crippen LogP contribution in [-0.4, -0.2) is 39.5 Å². The van der Waals surface area contributed by atoms with E-state index in [2.05, 4.69) is 4.98 Å². The van der Waals surface area contributed by atoms with E-state index in [1.165, 1.54) is 0 Å².